The largest absolute Gasteiger partial charge is 0.375 e. The van der Waals surface area contributed by atoms with Gasteiger partial charge in [-0.25, -0.2) is 0 Å². The number of morpholine rings is 1. The van der Waals surface area contributed by atoms with Crippen LogP contribution in [0.1, 0.15) is 38.8 Å². The summed E-state index contributed by atoms with van der Waals surface area (Å²) < 4.78 is 5.63. The summed E-state index contributed by atoms with van der Waals surface area (Å²) >= 11 is 0. The SMILES string of the molecule is Cc1ccc(C(C)(C)C)cc1N1CCO[C@@H](C)C1. The Labute approximate surface area is 111 Å². The van der Waals surface area contributed by atoms with Crippen LogP contribution in [0.3, 0.4) is 0 Å². The first kappa shape index (κ1) is 13.4. The first-order chi connectivity index (χ1) is 8.38. The topological polar surface area (TPSA) is 12.5 Å². The molecule has 0 saturated carbocycles. The van der Waals surface area contributed by atoms with E-state index in [1.54, 1.807) is 0 Å². The summed E-state index contributed by atoms with van der Waals surface area (Å²) in [6.07, 6.45) is 0.330. The molecule has 0 aliphatic carbocycles. The fraction of sp³-hybridized carbons (Fsp3) is 0.625. The van der Waals surface area contributed by atoms with E-state index in [9.17, 15) is 0 Å². The Bertz CT molecular complexity index is 420. The predicted octanol–water partition coefficient (Wildman–Crippen LogP) is 3.52. The molecule has 0 aromatic heterocycles. The second kappa shape index (κ2) is 4.93. The van der Waals surface area contributed by atoms with Gasteiger partial charge < -0.3 is 9.64 Å². The smallest absolute Gasteiger partial charge is 0.0722 e. The Morgan fingerprint density at radius 3 is 2.61 bits per heavy atom. The zero-order valence-corrected chi connectivity index (χ0v) is 12.3. The van der Waals surface area contributed by atoms with Crippen molar-refractivity contribution in [1.82, 2.24) is 0 Å². The molecule has 1 aliphatic heterocycles. The minimum Gasteiger partial charge on any atom is -0.375 e. The van der Waals surface area contributed by atoms with E-state index in [0.29, 0.717) is 6.10 Å². The molecule has 1 fully saturated rings. The van der Waals surface area contributed by atoms with E-state index in [2.05, 4.69) is 57.7 Å². The standard InChI is InChI=1S/C16H25NO/c1-12-6-7-14(16(3,4)5)10-15(12)17-8-9-18-13(2)11-17/h6-7,10,13H,8-9,11H2,1-5H3/t13-/m0/s1. The highest BCUT2D eigenvalue weighted by Crippen LogP contribution is 2.29. The molecule has 100 valence electrons. The molecule has 0 bridgehead atoms. The van der Waals surface area contributed by atoms with Gasteiger partial charge in [0.1, 0.15) is 0 Å². The molecule has 1 atom stereocenters. The molecule has 1 aliphatic rings. The number of aryl methyl sites for hydroxylation is 1. The number of nitrogens with zero attached hydrogens (tertiary/aromatic N) is 1. The third kappa shape index (κ3) is 2.86. The number of anilines is 1. The summed E-state index contributed by atoms with van der Waals surface area (Å²) in [5, 5.41) is 0. The maximum Gasteiger partial charge on any atom is 0.0722 e. The van der Waals surface area contributed by atoms with Crippen LogP contribution in [0.4, 0.5) is 5.69 Å². The van der Waals surface area contributed by atoms with Crippen LogP contribution in [0.5, 0.6) is 0 Å². The third-order valence-corrected chi connectivity index (χ3v) is 3.66. The minimum absolute atomic E-state index is 0.209. The van der Waals surface area contributed by atoms with E-state index in [4.69, 9.17) is 4.74 Å². The van der Waals surface area contributed by atoms with Gasteiger partial charge in [0.05, 0.1) is 12.7 Å². The van der Waals surface area contributed by atoms with Gasteiger partial charge in [0.2, 0.25) is 0 Å². The number of ether oxygens (including phenoxy) is 1. The molecule has 0 spiro atoms. The summed E-state index contributed by atoms with van der Waals surface area (Å²) in [5.41, 5.74) is 4.34. The maximum atomic E-state index is 5.63. The van der Waals surface area contributed by atoms with E-state index < -0.39 is 0 Å². The molecule has 1 aromatic carbocycles. The lowest BCUT2D eigenvalue weighted by molar-refractivity contribution is 0.0532. The van der Waals surface area contributed by atoms with Gasteiger partial charge in [0, 0.05) is 18.8 Å². The van der Waals surface area contributed by atoms with Crippen LogP contribution in [0.25, 0.3) is 0 Å². The van der Waals surface area contributed by atoms with E-state index in [-0.39, 0.29) is 5.41 Å². The van der Waals surface area contributed by atoms with Gasteiger partial charge in [-0.1, -0.05) is 32.9 Å². The quantitative estimate of drug-likeness (QED) is 0.753. The van der Waals surface area contributed by atoms with Crippen LogP contribution in [-0.2, 0) is 10.2 Å². The lowest BCUT2D eigenvalue weighted by Gasteiger charge is -2.35. The van der Waals surface area contributed by atoms with Crippen molar-refractivity contribution >= 4 is 5.69 Å². The van der Waals surface area contributed by atoms with Crippen LogP contribution in [-0.4, -0.2) is 25.8 Å². The number of rotatable bonds is 1. The lowest BCUT2D eigenvalue weighted by Crippen LogP contribution is -2.41. The highest BCUT2D eigenvalue weighted by Gasteiger charge is 2.21. The molecule has 1 aromatic rings. The highest BCUT2D eigenvalue weighted by atomic mass is 16.5. The molecule has 0 unspecified atom stereocenters. The van der Waals surface area contributed by atoms with Crippen molar-refractivity contribution in [3.8, 4) is 0 Å². The molecular weight excluding hydrogens is 222 g/mol. The normalized spacial score (nSPS) is 21.2. The van der Waals surface area contributed by atoms with Gasteiger partial charge in [-0.3, -0.25) is 0 Å². The van der Waals surface area contributed by atoms with Crippen LogP contribution in [0.2, 0.25) is 0 Å². The van der Waals surface area contributed by atoms with Crippen molar-refractivity contribution in [2.24, 2.45) is 0 Å². The van der Waals surface area contributed by atoms with Crippen molar-refractivity contribution in [2.75, 3.05) is 24.6 Å². The van der Waals surface area contributed by atoms with Crippen molar-refractivity contribution in [2.45, 2.75) is 46.1 Å². The summed E-state index contributed by atoms with van der Waals surface area (Å²) in [5.74, 6) is 0. The molecule has 0 N–H and O–H groups in total. The monoisotopic (exact) mass is 247 g/mol. The molecule has 2 nitrogen and oxygen atoms in total. The summed E-state index contributed by atoms with van der Waals surface area (Å²) in [6.45, 7) is 14.0. The summed E-state index contributed by atoms with van der Waals surface area (Å²) in [6, 6.07) is 6.85. The molecule has 18 heavy (non-hydrogen) atoms. The van der Waals surface area contributed by atoms with Gasteiger partial charge in [-0.05, 0) is 36.5 Å². The molecular formula is C16H25NO. The average Bonchev–Trinajstić information content (AvgIpc) is 2.28. The second-order valence-electron chi connectivity index (χ2n) is 6.38. The number of hydrogen-bond donors (Lipinski definition) is 0. The zero-order valence-electron chi connectivity index (χ0n) is 12.3. The van der Waals surface area contributed by atoms with Crippen molar-refractivity contribution in [1.29, 1.82) is 0 Å². The van der Waals surface area contributed by atoms with Gasteiger partial charge in [0.25, 0.3) is 0 Å². The molecule has 2 rings (SSSR count). The molecule has 1 heterocycles. The van der Waals surface area contributed by atoms with E-state index in [1.165, 1.54) is 16.8 Å². The first-order valence-corrected chi connectivity index (χ1v) is 6.85. The van der Waals surface area contributed by atoms with Crippen molar-refractivity contribution in [3.63, 3.8) is 0 Å². The summed E-state index contributed by atoms with van der Waals surface area (Å²) in [7, 11) is 0. The summed E-state index contributed by atoms with van der Waals surface area (Å²) in [4.78, 5) is 2.46. The Balaban J connectivity index is 2.31. The van der Waals surface area contributed by atoms with Crippen LogP contribution in [0.15, 0.2) is 18.2 Å². The third-order valence-electron chi connectivity index (χ3n) is 3.66. The molecule has 1 saturated heterocycles. The maximum absolute atomic E-state index is 5.63. The highest BCUT2D eigenvalue weighted by molar-refractivity contribution is 5.56. The Kier molecular flexibility index (Phi) is 3.67. The lowest BCUT2D eigenvalue weighted by atomic mass is 9.86. The average molecular weight is 247 g/mol. The molecule has 0 radical (unpaired) electrons. The Morgan fingerprint density at radius 1 is 1.28 bits per heavy atom. The minimum atomic E-state index is 0.209. The number of hydrogen-bond acceptors (Lipinski definition) is 2. The van der Waals surface area contributed by atoms with Gasteiger partial charge in [-0.15, -0.1) is 0 Å². The van der Waals surface area contributed by atoms with Gasteiger partial charge in [0.15, 0.2) is 0 Å². The zero-order chi connectivity index (χ0) is 13.3. The van der Waals surface area contributed by atoms with Crippen molar-refractivity contribution in [3.05, 3.63) is 29.3 Å². The predicted molar refractivity (Wildman–Crippen MR) is 77.5 cm³/mol. The Morgan fingerprint density at radius 2 is 2.00 bits per heavy atom. The van der Waals surface area contributed by atoms with Crippen LogP contribution >= 0.6 is 0 Å². The van der Waals surface area contributed by atoms with E-state index in [0.717, 1.165) is 19.7 Å². The van der Waals surface area contributed by atoms with E-state index in [1.807, 2.05) is 0 Å². The van der Waals surface area contributed by atoms with Crippen molar-refractivity contribution < 1.29 is 4.74 Å². The first-order valence-electron chi connectivity index (χ1n) is 6.85. The fourth-order valence-electron chi connectivity index (χ4n) is 2.45. The molecule has 2 heteroatoms. The van der Waals surface area contributed by atoms with Gasteiger partial charge >= 0.3 is 0 Å². The van der Waals surface area contributed by atoms with Gasteiger partial charge in [-0.2, -0.15) is 0 Å². The fourth-order valence-corrected chi connectivity index (χ4v) is 2.45. The van der Waals surface area contributed by atoms with Crippen LogP contribution in [0, 0.1) is 6.92 Å². The van der Waals surface area contributed by atoms with Crippen LogP contribution < -0.4 is 4.90 Å². The Hall–Kier alpha value is -1.02. The molecule has 0 amide bonds. The van der Waals surface area contributed by atoms with E-state index >= 15 is 0 Å². The second-order valence-corrected chi connectivity index (χ2v) is 6.38. The number of benzene rings is 1.